The minimum absolute atomic E-state index is 0.295. The molecule has 2 aromatic carbocycles. The number of nitrogens with zero attached hydrogens (tertiary/aromatic N) is 2. The van der Waals surface area contributed by atoms with Gasteiger partial charge in [-0.2, -0.15) is 5.10 Å². The first-order valence-electron chi connectivity index (χ1n) is 7.58. The van der Waals surface area contributed by atoms with E-state index in [2.05, 4.69) is 26.5 Å². The molecule has 0 aliphatic carbocycles. The molecule has 1 aromatic heterocycles. The van der Waals surface area contributed by atoms with E-state index in [0.717, 1.165) is 15.9 Å². The third-order valence-corrected chi connectivity index (χ3v) is 4.11. The third-order valence-electron chi connectivity index (χ3n) is 3.58. The van der Waals surface area contributed by atoms with Crippen molar-refractivity contribution in [2.24, 2.45) is 5.10 Å². The summed E-state index contributed by atoms with van der Waals surface area (Å²) < 4.78 is 8.11. The SMILES string of the molecule is COc1cccc(C(=O)N/N=C/c2cccn2-c2ccc(Br)cc2)c1. The highest BCUT2D eigenvalue weighted by Gasteiger charge is 2.05. The molecule has 5 nitrogen and oxygen atoms in total. The van der Waals surface area contributed by atoms with Gasteiger partial charge in [0, 0.05) is 21.9 Å². The lowest BCUT2D eigenvalue weighted by atomic mass is 10.2. The molecule has 1 amide bonds. The smallest absolute Gasteiger partial charge is 0.271 e. The van der Waals surface area contributed by atoms with Gasteiger partial charge in [0.15, 0.2) is 0 Å². The van der Waals surface area contributed by atoms with Gasteiger partial charge >= 0.3 is 0 Å². The van der Waals surface area contributed by atoms with Crippen LogP contribution < -0.4 is 10.2 Å². The van der Waals surface area contributed by atoms with Gasteiger partial charge in [-0.05, 0) is 54.6 Å². The summed E-state index contributed by atoms with van der Waals surface area (Å²) in [6.45, 7) is 0. The van der Waals surface area contributed by atoms with Crippen LogP contribution in [0.2, 0.25) is 0 Å². The van der Waals surface area contributed by atoms with Crippen LogP contribution in [0.15, 0.2) is 76.4 Å². The predicted octanol–water partition coefficient (Wildman–Crippen LogP) is 4.01. The van der Waals surface area contributed by atoms with Gasteiger partial charge in [-0.25, -0.2) is 5.43 Å². The molecule has 0 saturated heterocycles. The van der Waals surface area contributed by atoms with Gasteiger partial charge in [0.05, 0.1) is 19.0 Å². The predicted molar refractivity (Wildman–Crippen MR) is 102 cm³/mol. The first kappa shape index (κ1) is 17.0. The largest absolute Gasteiger partial charge is 0.497 e. The topological polar surface area (TPSA) is 55.6 Å². The van der Waals surface area contributed by atoms with E-state index in [9.17, 15) is 4.79 Å². The van der Waals surface area contributed by atoms with Gasteiger partial charge < -0.3 is 9.30 Å². The van der Waals surface area contributed by atoms with Crippen LogP contribution in [0.5, 0.6) is 5.75 Å². The maximum absolute atomic E-state index is 12.1. The number of methoxy groups -OCH3 is 1. The van der Waals surface area contributed by atoms with Crippen LogP contribution in [-0.4, -0.2) is 23.8 Å². The molecule has 1 heterocycles. The molecule has 1 N–H and O–H groups in total. The molecule has 0 aliphatic heterocycles. The molecule has 0 unspecified atom stereocenters. The molecule has 0 fully saturated rings. The Morgan fingerprint density at radius 3 is 2.72 bits per heavy atom. The number of amides is 1. The third kappa shape index (κ3) is 4.16. The van der Waals surface area contributed by atoms with E-state index >= 15 is 0 Å². The molecular weight excluding hydrogens is 382 g/mol. The summed E-state index contributed by atoms with van der Waals surface area (Å²) in [7, 11) is 1.56. The van der Waals surface area contributed by atoms with E-state index in [1.807, 2.05) is 47.2 Å². The number of carbonyl (C=O) groups is 1. The van der Waals surface area contributed by atoms with E-state index in [1.54, 1.807) is 37.6 Å². The van der Waals surface area contributed by atoms with Gasteiger partial charge in [-0.1, -0.05) is 22.0 Å². The zero-order chi connectivity index (χ0) is 17.6. The molecule has 0 saturated carbocycles. The van der Waals surface area contributed by atoms with Crippen molar-refractivity contribution in [1.29, 1.82) is 0 Å². The summed E-state index contributed by atoms with van der Waals surface area (Å²) in [5.74, 6) is 0.331. The van der Waals surface area contributed by atoms with Gasteiger partial charge in [0.25, 0.3) is 5.91 Å². The van der Waals surface area contributed by atoms with E-state index in [0.29, 0.717) is 11.3 Å². The number of hydrogen-bond acceptors (Lipinski definition) is 3. The number of nitrogens with one attached hydrogen (secondary N) is 1. The van der Waals surface area contributed by atoms with Gasteiger partial charge in [0.2, 0.25) is 0 Å². The first-order valence-corrected chi connectivity index (χ1v) is 8.37. The number of halogens is 1. The molecule has 0 aliphatic rings. The lowest BCUT2D eigenvalue weighted by Crippen LogP contribution is -2.17. The number of aromatic nitrogens is 1. The number of benzene rings is 2. The standard InChI is InChI=1S/C19H16BrN3O2/c1-25-18-6-2-4-14(12-18)19(24)22-21-13-17-5-3-11-23(17)16-9-7-15(20)8-10-16/h2-13H,1H3,(H,22,24)/b21-13+. The molecule has 3 aromatic rings. The average Bonchev–Trinajstić information content (AvgIpc) is 3.11. The van der Waals surface area contributed by atoms with Crippen molar-refractivity contribution in [3.05, 3.63) is 82.6 Å². The second-order valence-electron chi connectivity index (χ2n) is 5.21. The van der Waals surface area contributed by atoms with E-state index in [1.165, 1.54) is 0 Å². The van der Waals surface area contributed by atoms with E-state index in [-0.39, 0.29) is 5.91 Å². The maximum Gasteiger partial charge on any atom is 0.271 e. The number of hydrazone groups is 1. The van der Waals surface area contributed by atoms with Crippen molar-refractivity contribution in [3.63, 3.8) is 0 Å². The minimum atomic E-state index is -0.295. The fourth-order valence-electron chi connectivity index (χ4n) is 2.32. The monoisotopic (exact) mass is 397 g/mol. The Hall–Kier alpha value is -2.86. The van der Waals surface area contributed by atoms with Gasteiger partial charge in [-0.15, -0.1) is 0 Å². The molecule has 25 heavy (non-hydrogen) atoms. The molecular formula is C19H16BrN3O2. The van der Waals surface area contributed by atoms with Crippen molar-refractivity contribution in [3.8, 4) is 11.4 Å². The number of carbonyl (C=O) groups excluding carboxylic acids is 1. The van der Waals surface area contributed by atoms with Crippen molar-refractivity contribution >= 4 is 28.1 Å². The second kappa shape index (κ2) is 7.81. The lowest BCUT2D eigenvalue weighted by Gasteiger charge is -2.06. The second-order valence-corrected chi connectivity index (χ2v) is 6.13. The summed E-state index contributed by atoms with van der Waals surface area (Å²) in [4.78, 5) is 12.1. The highest BCUT2D eigenvalue weighted by Crippen LogP contribution is 2.16. The number of rotatable bonds is 5. The van der Waals surface area contributed by atoms with Crippen LogP contribution in [0.3, 0.4) is 0 Å². The first-order chi connectivity index (χ1) is 12.2. The van der Waals surface area contributed by atoms with Gasteiger partial charge in [0.1, 0.15) is 5.75 Å². The number of ether oxygens (including phenoxy) is 1. The van der Waals surface area contributed by atoms with Crippen molar-refractivity contribution < 1.29 is 9.53 Å². The Morgan fingerprint density at radius 2 is 1.96 bits per heavy atom. The minimum Gasteiger partial charge on any atom is -0.497 e. The summed E-state index contributed by atoms with van der Waals surface area (Å²) >= 11 is 3.43. The highest BCUT2D eigenvalue weighted by atomic mass is 79.9. The molecule has 0 bridgehead atoms. The fourth-order valence-corrected chi connectivity index (χ4v) is 2.59. The maximum atomic E-state index is 12.1. The van der Waals surface area contributed by atoms with Crippen molar-refractivity contribution in [2.75, 3.05) is 7.11 Å². The van der Waals surface area contributed by atoms with Crippen molar-refractivity contribution in [2.45, 2.75) is 0 Å². The average molecular weight is 398 g/mol. The normalized spacial score (nSPS) is 10.8. The summed E-state index contributed by atoms with van der Waals surface area (Å²) in [5, 5.41) is 4.05. The molecule has 0 atom stereocenters. The zero-order valence-corrected chi connectivity index (χ0v) is 15.1. The Kier molecular flexibility index (Phi) is 5.30. The molecule has 6 heteroatoms. The summed E-state index contributed by atoms with van der Waals surface area (Å²) in [6, 6.07) is 18.7. The van der Waals surface area contributed by atoms with Crippen LogP contribution in [0.4, 0.5) is 0 Å². The Labute approximate surface area is 154 Å². The quantitative estimate of drug-likeness (QED) is 0.522. The Morgan fingerprint density at radius 1 is 1.16 bits per heavy atom. The van der Waals surface area contributed by atoms with Crippen LogP contribution >= 0.6 is 15.9 Å². The lowest BCUT2D eigenvalue weighted by molar-refractivity contribution is 0.0955. The summed E-state index contributed by atoms with van der Waals surface area (Å²) in [6.07, 6.45) is 3.55. The van der Waals surface area contributed by atoms with Gasteiger partial charge in [-0.3, -0.25) is 4.79 Å². The Balaban J connectivity index is 1.72. The fraction of sp³-hybridized carbons (Fsp3) is 0.0526. The molecule has 0 radical (unpaired) electrons. The van der Waals surface area contributed by atoms with E-state index in [4.69, 9.17) is 4.74 Å². The van der Waals surface area contributed by atoms with Crippen LogP contribution in [0, 0.1) is 0 Å². The molecule has 126 valence electrons. The highest BCUT2D eigenvalue weighted by molar-refractivity contribution is 9.10. The zero-order valence-electron chi connectivity index (χ0n) is 13.5. The number of hydrogen-bond donors (Lipinski definition) is 1. The van der Waals surface area contributed by atoms with Crippen LogP contribution in [0.25, 0.3) is 5.69 Å². The van der Waals surface area contributed by atoms with E-state index < -0.39 is 0 Å². The summed E-state index contributed by atoms with van der Waals surface area (Å²) in [5.41, 5.74) is 4.88. The van der Waals surface area contributed by atoms with Crippen LogP contribution in [-0.2, 0) is 0 Å². The molecule has 3 rings (SSSR count). The van der Waals surface area contributed by atoms with Crippen molar-refractivity contribution in [1.82, 2.24) is 9.99 Å². The Bertz CT molecular complexity index is 901. The van der Waals surface area contributed by atoms with Crippen LogP contribution in [0.1, 0.15) is 16.1 Å². The molecule has 0 spiro atoms.